The molecular formula is C18H20N2O5S. The second-order valence-corrected chi connectivity index (χ2v) is 7.24. The number of carboxylic acids is 1. The van der Waals surface area contributed by atoms with Crippen molar-refractivity contribution in [1.29, 1.82) is 0 Å². The van der Waals surface area contributed by atoms with Gasteiger partial charge in [0, 0.05) is 6.42 Å². The molecule has 0 aliphatic rings. The van der Waals surface area contributed by atoms with E-state index in [-0.39, 0.29) is 17.9 Å². The lowest BCUT2D eigenvalue weighted by atomic mass is 10.2. The minimum Gasteiger partial charge on any atom is -0.494 e. The highest BCUT2D eigenvalue weighted by atomic mass is 32.2. The molecule has 0 atom stereocenters. The van der Waals surface area contributed by atoms with Gasteiger partial charge in [0.1, 0.15) is 5.75 Å². The van der Waals surface area contributed by atoms with Crippen molar-refractivity contribution in [2.24, 2.45) is 9.63 Å². The predicted octanol–water partition coefficient (Wildman–Crippen LogP) is 3.58. The standard InChI is InChI=1S/C18H20N2O5S/c1-14-4-10-17(11-5-14)26(23,24)20-19-13-15-6-8-16(9-7-15)25-12-2-3-18(21)22/h4-11H,2-3,12-13H2,1H3,(H,21,22). The Balaban J connectivity index is 1.87. The average molecular weight is 376 g/mol. The van der Waals surface area contributed by atoms with E-state index in [4.69, 9.17) is 9.84 Å². The van der Waals surface area contributed by atoms with Crippen molar-refractivity contribution in [1.82, 2.24) is 0 Å². The van der Waals surface area contributed by atoms with Gasteiger partial charge < -0.3 is 9.84 Å². The van der Waals surface area contributed by atoms with Crippen LogP contribution in [0.1, 0.15) is 24.0 Å². The van der Waals surface area contributed by atoms with Crippen molar-refractivity contribution in [2.75, 3.05) is 6.61 Å². The maximum atomic E-state index is 12.1. The molecule has 26 heavy (non-hydrogen) atoms. The molecule has 2 aromatic rings. The molecular weight excluding hydrogens is 356 g/mol. The molecule has 0 unspecified atom stereocenters. The average Bonchev–Trinajstić information content (AvgIpc) is 2.60. The van der Waals surface area contributed by atoms with E-state index >= 15 is 0 Å². The Labute approximate surface area is 152 Å². The number of nitrogens with zero attached hydrogens (tertiary/aromatic N) is 2. The Morgan fingerprint density at radius 1 is 1.08 bits per heavy atom. The van der Waals surface area contributed by atoms with Gasteiger partial charge in [0.25, 0.3) is 10.0 Å². The van der Waals surface area contributed by atoms with Crippen molar-refractivity contribution in [3.63, 3.8) is 0 Å². The Morgan fingerprint density at radius 3 is 2.35 bits per heavy atom. The van der Waals surface area contributed by atoms with Crippen molar-refractivity contribution < 1.29 is 23.1 Å². The molecule has 0 spiro atoms. The zero-order valence-electron chi connectivity index (χ0n) is 14.3. The second kappa shape index (κ2) is 9.10. The predicted molar refractivity (Wildman–Crippen MR) is 95.7 cm³/mol. The van der Waals surface area contributed by atoms with E-state index in [0.717, 1.165) is 11.1 Å². The lowest BCUT2D eigenvalue weighted by Gasteiger charge is -2.05. The molecule has 7 nitrogen and oxygen atoms in total. The first-order valence-corrected chi connectivity index (χ1v) is 9.45. The van der Waals surface area contributed by atoms with Crippen LogP contribution in [-0.4, -0.2) is 26.1 Å². The van der Waals surface area contributed by atoms with Crippen LogP contribution in [0.2, 0.25) is 0 Å². The molecule has 0 amide bonds. The fourth-order valence-corrected chi connectivity index (χ4v) is 2.83. The number of hydrogen-bond donors (Lipinski definition) is 1. The molecule has 0 saturated heterocycles. The van der Waals surface area contributed by atoms with E-state index in [1.165, 1.54) is 12.1 Å². The monoisotopic (exact) mass is 376 g/mol. The molecule has 0 heterocycles. The summed E-state index contributed by atoms with van der Waals surface area (Å²) in [5, 5.41) is 12.3. The molecule has 0 fully saturated rings. The van der Waals surface area contributed by atoms with Gasteiger partial charge in [-0.2, -0.15) is 13.5 Å². The van der Waals surface area contributed by atoms with Crippen molar-refractivity contribution in [3.8, 4) is 5.75 Å². The molecule has 0 aliphatic carbocycles. The van der Waals surface area contributed by atoms with Crippen molar-refractivity contribution in [3.05, 3.63) is 59.7 Å². The third kappa shape index (κ3) is 6.29. The highest BCUT2D eigenvalue weighted by molar-refractivity contribution is 7.90. The van der Waals surface area contributed by atoms with Crippen LogP contribution < -0.4 is 4.74 Å². The maximum Gasteiger partial charge on any atom is 0.303 e. The summed E-state index contributed by atoms with van der Waals surface area (Å²) in [4.78, 5) is 10.5. The smallest absolute Gasteiger partial charge is 0.303 e. The molecule has 1 N–H and O–H groups in total. The van der Waals surface area contributed by atoms with Crippen LogP contribution in [0.3, 0.4) is 0 Å². The number of aryl methyl sites for hydroxylation is 1. The van der Waals surface area contributed by atoms with Crippen LogP contribution in [0, 0.1) is 6.92 Å². The molecule has 2 aromatic carbocycles. The molecule has 0 bridgehead atoms. The number of hydrogen-bond acceptors (Lipinski definition) is 5. The minimum atomic E-state index is -3.79. The van der Waals surface area contributed by atoms with Crippen molar-refractivity contribution in [2.45, 2.75) is 31.2 Å². The summed E-state index contributed by atoms with van der Waals surface area (Å²) >= 11 is 0. The molecule has 0 aliphatic heterocycles. The highest BCUT2D eigenvalue weighted by Crippen LogP contribution is 2.16. The first-order valence-electron chi connectivity index (χ1n) is 8.01. The summed E-state index contributed by atoms with van der Waals surface area (Å²) in [7, 11) is -3.79. The van der Waals surface area contributed by atoms with Crippen molar-refractivity contribution >= 4 is 16.0 Å². The Bertz CT molecular complexity index is 859. The summed E-state index contributed by atoms with van der Waals surface area (Å²) in [5.74, 6) is -0.238. The number of ether oxygens (including phenoxy) is 1. The van der Waals surface area contributed by atoms with Gasteiger partial charge in [-0.1, -0.05) is 34.3 Å². The van der Waals surface area contributed by atoms with Crippen LogP contribution in [0.25, 0.3) is 0 Å². The molecule has 0 radical (unpaired) electrons. The van der Waals surface area contributed by atoms with Gasteiger partial charge in [-0.05, 0) is 43.2 Å². The van der Waals surface area contributed by atoms with E-state index < -0.39 is 16.0 Å². The van der Waals surface area contributed by atoms with Gasteiger partial charge in [0.05, 0.1) is 18.0 Å². The normalized spacial score (nSPS) is 11.6. The number of carboxylic acid groups (broad SMARTS) is 1. The van der Waals surface area contributed by atoms with E-state index in [2.05, 4.69) is 9.63 Å². The summed E-state index contributed by atoms with van der Waals surface area (Å²) in [6.45, 7) is 2.32. The van der Waals surface area contributed by atoms with E-state index in [9.17, 15) is 13.2 Å². The highest BCUT2D eigenvalue weighted by Gasteiger charge is 2.11. The minimum absolute atomic E-state index is 0.0634. The number of rotatable bonds is 9. The third-order valence-electron chi connectivity index (χ3n) is 3.46. The fourth-order valence-electron chi connectivity index (χ4n) is 2.05. The zero-order chi connectivity index (χ0) is 19.0. The van der Waals surface area contributed by atoms with Crippen LogP contribution in [-0.2, 0) is 21.4 Å². The van der Waals surface area contributed by atoms with Crippen LogP contribution >= 0.6 is 0 Å². The van der Waals surface area contributed by atoms with Gasteiger partial charge in [0.2, 0.25) is 0 Å². The Hall–Kier alpha value is -2.74. The van der Waals surface area contributed by atoms with Gasteiger partial charge >= 0.3 is 5.97 Å². The zero-order valence-corrected chi connectivity index (χ0v) is 15.1. The van der Waals surface area contributed by atoms with Gasteiger partial charge in [-0.3, -0.25) is 4.79 Å². The molecule has 2 rings (SSSR count). The number of sulfonamides is 1. The third-order valence-corrected chi connectivity index (χ3v) is 4.66. The quantitative estimate of drug-likeness (QED) is 0.532. The first kappa shape index (κ1) is 19.6. The van der Waals surface area contributed by atoms with Crippen LogP contribution in [0.15, 0.2) is 63.1 Å². The summed E-state index contributed by atoms with van der Waals surface area (Å²) in [6.07, 6.45) is 0.496. The molecule has 8 heteroatoms. The molecule has 138 valence electrons. The largest absolute Gasteiger partial charge is 0.494 e. The Morgan fingerprint density at radius 2 is 1.73 bits per heavy atom. The summed E-state index contributed by atoms with van der Waals surface area (Å²) in [5.41, 5.74) is 1.75. The van der Waals surface area contributed by atoms with Gasteiger partial charge in [-0.15, -0.1) is 0 Å². The van der Waals surface area contributed by atoms with Crippen LogP contribution in [0.5, 0.6) is 5.75 Å². The second-order valence-electron chi connectivity index (χ2n) is 5.66. The Kier molecular flexibility index (Phi) is 6.85. The topological polar surface area (TPSA) is 105 Å². The number of carbonyl (C=O) groups is 1. The van der Waals surface area contributed by atoms with Gasteiger partial charge in [-0.25, -0.2) is 0 Å². The SMILES string of the molecule is Cc1ccc(S(=O)(=O)N=NCc2ccc(OCCCC(=O)O)cc2)cc1. The summed E-state index contributed by atoms with van der Waals surface area (Å²) in [6, 6.07) is 13.4. The van der Waals surface area contributed by atoms with E-state index in [0.29, 0.717) is 18.8 Å². The molecule has 0 aromatic heterocycles. The van der Waals surface area contributed by atoms with Gasteiger partial charge in [0.15, 0.2) is 0 Å². The number of aliphatic carboxylic acids is 1. The first-order chi connectivity index (χ1) is 12.4. The maximum absolute atomic E-state index is 12.1. The fraction of sp³-hybridized carbons (Fsp3) is 0.278. The van der Waals surface area contributed by atoms with E-state index in [1.807, 2.05) is 6.92 Å². The van der Waals surface area contributed by atoms with Crippen LogP contribution in [0.4, 0.5) is 0 Å². The lowest BCUT2D eigenvalue weighted by molar-refractivity contribution is -0.137. The van der Waals surface area contributed by atoms with E-state index in [1.54, 1.807) is 36.4 Å². The summed E-state index contributed by atoms with van der Waals surface area (Å²) < 4.78 is 33.0. The lowest BCUT2D eigenvalue weighted by Crippen LogP contribution is -2.02. The molecule has 0 saturated carbocycles. The number of benzene rings is 2.